The molecule has 0 heterocycles. The van der Waals surface area contributed by atoms with E-state index in [4.69, 9.17) is 4.74 Å². The molecule has 0 radical (unpaired) electrons. The smallest absolute Gasteiger partial charge is 0.282 e. The fourth-order valence-corrected chi connectivity index (χ4v) is 2.66. The van der Waals surface area contributed by atoms with Crippen LogP contribution in [0.25, 0.3) is 0 Å². The minimum atomic E-state index is -0.517. The van der Waals surface area contributed by atoms with E-state index in [1.165, 1.54) is 12.1 Å². The fraction of sp³-hybridized carbons (Fsp3) is 0.300. The number of hydrogen-bond acceptors (Lipinski definition) is 3. The zero-order chi connectivity index (χ0) is 19.8. The average Bonchev–Trinajstić information content (AvgIpc) is 2.68. The van der Waals surface area contributed by atoms with Crippen LogP contribution >= 0.6 is 0 Å². The molecule has 27 heavy (non-hydrogen) atoms. The van der Waals surface area contributed by atoms with Gasteiger partial charge >= 0.3 is 0 Å². The van der Waals surface area contributed by atoms with E-state index < -0.39 is 11.9 Å². The molecule has 2 aromatic carbocycles. The van der Waals surface area contributed by atoms with Crippen LogP contribution in [-0.2, 0) is 9.59 Å². The quantitative estimate of drug-likeness (QED) is 0.659. The Morgan fingerprint density at radius 3 is 2.37 bits per heavy atom. The van der Waals surface area contributed by atoms with Crippen LogP contribution in [0.3, 0.4) is 0 Å². The minimum absolute atomic E-state index is 0.119. The van der Waals surface area contributed by atoms with Crippen molar-refractivity contribution in [2.75, 3.05) is 30.8 Å². The second-order valence-corrected chi connectivity index (χ2v) is 6.16. The molecule has 0 spiro atoms. The number of benzene rings is 2. The van der Waals surface area contributed by atoms with Gasteiger partial charge in [-0.15, -0.1) is 0 Å². The van der Waals surface area contributed by atoms with Crippen LogP contribution in [-0.4, -0.2) is 38.1 Å². The van der Waals surface area contributed by atoms with Gasteiger partial charge in [-0.1, -0.05) is 12.1 Å². The number of quaternary nitrogens is 1. The van der Waals surface area contributed by atoms with E-state index in [0.29, 0.717) is 18.0 Å². The van der Waals surface area contributed by atoms with Crippen LogP contribution in [0.15, 0.2) is 48.5 Å². The van der Waals surface area contributed by atoms with Crippen molar-refractivity contribution in [2.45, 2.75) is 19.9 Å². The largest absolute Gasteiger partial charge is 0.497 e. The van der Waals surface area contributed by atoms with Gasteiger partial charge < -0.3 is 20.3 Å². The van der Waals surface area contributed by atoms with Gasteiger partial charge in [0.15, 0.2) is 12.6 Å². The van der Waals surface area contributed by atoms with Crippen LogP contribution < -0.4 is 20.3 Å². The molecule has 0 aliphatic rings. The highest BCUT2D eigenvalue weighted by Crippen LogP contribution is 2.14. The van der Waals surface area contributed by atoms with E-state index in [2.05, 4.69) is 10.6 Å². The van der Waals surface area contributed by atoms with Crippen molar-refractivity contribution in [3.8, 4) is 5.75 Å². The van der Waals surface area contributed by atoms with E-state index in [0.717, 1.165) is 4.90 Å². The van der Waals surface area contributed by atoms with E-state index in [-0.39, 0.29) is 24.0 Å². The van der Waals surface area contributed by atoms with Crippen LogP contribution in [0.5, 0.6) is 5.75 Å². The normalized spacial score (nSPS) is 12.7. The number of amides is 2. The van der Waals surface area contributed by atoms with Gasteiger partial charge in [0.1, 0.15) is 11.6 Å². The average molecular weight is 374 g/mol. The van der Waals surface area contributed by atoms with Gasteiger partial charge in [0.05, 0.1) is 19.3 Å². The second kappa shape index (κ2) is 9.68. The lowest BCUT2D eigenvalue weighted by atomic mass is 10.2. The third kappa shape index (κ3) is 5.79. The maximum Gasteiger partial charge on any atom is 0.282 e. The van der Waals surface area contributed by atoms with Crippen LogP contribution in [0.1, 0.15) is 13.8 Å². The van der Waals surface area contributed by atoms with Crippen molar-refractivity contribution in [3.05, 3.63) is 54.3 Å². The van der Waals surface area contributed by atoms with Gasteiger partial charge in [-0.2, -0.15) is 0 Å². The van der Waals surface area contributed by atoms with E-state index in [1.54, 1.807) is 50.4 Å². The van der Waals surface area contributed by atoms with E-state index >= 15 is 0 Å². The van der Waals surface area contributed by atoms with E-state index in [9.17, 15) is 14.0 Å². The Balaban J connectivity index is 1.94. The number of carbonyl (C=O) groups is 2. The Bertz CT molecular complexity index is 780. The third-order valence-electron chi connectivity index (χ3n) is 4.35. The highest BCUT2D eigenvalue weighted by Gasteiger charge is 2.26. The first-order valence-electron chi connectivity index (χ1n) is 8.78. The number of hydrogen-bond donors (Lipinski definition) is 3. The zero-order valence-corrected chi connectivity index (χ0v) is 15.7. The summed E-state index contributed by atoms with van der Waals surface area (Å²) in [7, 11) is 1.57. The van der Waals surface area contributed by atoms with Crippen molar-refractivity contribution < 1.29 is 23.6 Å². The Kier molecular flexibility index (Phi) is 7.31. The maximum absolute atomic E-state index is 13.7. The zero-order valence-electron chi connectivity index (χ0n) is 15.7. The highest BCUT2D eigenvalue weighted by molar-refractivity contribution is 5.94. The van der Waals surface area contributed by atoms with Crippen molar-refractivity contribution in [1.82, 2.24) is 0 Å². The van der Waals surface area contributed by atoms with Gasteiger partial charge in [0.2, 0.25) is 0 Å². The summed E-state index contributed by atoms with van der Waals surface area (Å²) < 4.78 is 18.8. The highest BCUT2D eigenvalue weighted by atomic mass is 19.1. The molecular weight excluding hydrogens is 349 g/mol. The van der Waals surface area contributed by atoms with Crippen molar-refractivity contribution in [3.63, 3.8) is 0 Å². The molecule has 6 nitrogen and oxygen atoms in total. The molecule has 2 atom stereocenters. The number of halogens is 1. The molecule has 1 unspecified atom stereocenters. The molecule has 0 saturated carbocycles. The maximum atomic E-state index is 13.7. The van der Waals surface area contributed by atoms with Crippen molar-refractivity contribution in [2.24, 2.45) is 0 Å². The summed E-state index contributed by atoms with van der Waals surface area (Å²) in [6.45, 7) is 4.30. The number of carbonyl (C=O) groups excluding carboxylic acids is 2. The minimum Gasteiger partial charge on any atom is -0.497 e. The molecule has 7 heteroatoms. The first-order chi connectivity index (χ1) is 12.9. The summed E-state index contributed by atoms with van der Waals surface area (Å²) in [6, 6.07) is 12.5. The van der Waals surface area contributed by atoms with Gasteiger partial charge in [-0.25, -0.2) is 4.39 Å². The monoisotopic (exact) mass is 374 g/mol. The number of likely N-dealkylation sites (N-methyl/N-ethyl adjacent to an activating group) is 1. The van der Waals surface area contributed by atoms with Crippen molar-refractivity contribution in [1.29, 1.82) is 0 Å². The van der Waals surface area contributed by atoms with E-state index in [1.807, 2.05) is 6.92 Å². The Hall–Kier alpha value is -2.93. The molecule has 0 fully saturated rings. The number of ether oxygens (including phenoxy) is 1. The predicted molar refractivity (Wildman–Crippen MR) is 102 cm³/mol. The van der Waals surface area contributed by atoms with Gasteiger partial charge in [0, 0.05) is 5.69 Å². The second-order valence-electron chi connectivity index (χ2n) is 6.16. The first kappa shape index (κ1) is 20.4. The number of nitrogens with one attached hydrogen (secondary N) is 3. The number of para-hydroxylation sites is 1. The molecule has 0 saturated heterocycles. The first-order valence-corrected chi connectivity index (χ1v) is 8.78. The fourth-order valence-electron chi connectivity index (χ4n) is 2.66. The van der Waals surface area contributed by atoms with Crippen molar-refractivity contribution >= 4 is 23.2 Å². The lowest BCUT2D eigenvalue weighted by molar-refractivity contribution is -0.904. The third-order valence-corrected chi connectivity index (χ3v) is 4.35. The molecule has 2 aromatic rings. The molecule has 2 amide bonds. The summed E-state index contributed by atoms with van der Waals surface area (Å²) in [5, 5.41) is 5.38. The SMILES string of the molecule is CC[NH+](CC(=O)Nc1ccc(OC)cc1)[C@H](C)C(=O)Nc1ccccc1F. The molecule has 0 aromatic heterocycles. The van der Waals surface area contributed by atoms with Gasteiger partial charge in [0.25, 0.3) is 11.8 Å². The molecule has 0 aliphatic carbocycles. The summed E-state index contributed by atoms with van der Waals surface area (Å²) in [5.74, 6) is -0.336. The Morgan fingerprint density at radius 2 is 1.78 bits per heavy atom. The molecule has 144 valence electrons. The summed E-state index contributed by atoms with van der Waals surface area (Å²) in [4.78, 5) is 25.5. The van der Waals surface area contributed by atoms with Gasteiger partial charge in [-0.05, 0) is 50.2 Å². The van der Waals surface area contributed by atoms with Crippen LogP contribution in [0.2, 0.25) is 0 Å². The summed E-state index contributed by atoms with van der Waals surface area (Å²) in [5.41, 5.74) is 0.784. The molecule has 3 N–H and O–H groups in total. The molecular formula is C20H25FN3O3+. The molecule has 0 aliphatic heterocycles. The lowest BCUT2D eigenvalue weighted by Crippen LogP contribution is -3.17. The summed E-state index contributed by atoms with van der Waals surface area (Å²) >= 11 is 0. The van der Waals surface area contributed by atoms with Gasteiger partial charge in [-0.3, -0.25) is 9.59 Å². The standard InChI is InChI=1S/C20H24FN3O3/c1-4-24(13-19(25)22-15-9-11-16(27-3)12-10-15)14(2)20(26)23-18-8-6-5-7-17(18)21/h5-12,14H,4,13H2,1-3H3,(H,22,25)(H,23,26)/p+1/t14-/m1/s1. The molecule has 0 bridgehead atoms. The van der Waals surface area contributed by atoms with Crippen LogP contribution in [0, 0.1) is 5.82 Å². The molecule has 2 rings (SSSR count). The predicted octanol–water partition coefficient (Wildman–Crippen LogP) is 1.70. The number of anilines is 2. The topological polar surface area (TPSA) is 71.9 Å². The summed E-state index contributed by atoms with van der Waals surface area (Å²) in [6.07, 6.45) is 0. The van der Waals surface area contributed by atoms with Crippen LogP contribution in [0.4, 0.5) is 15.8 Å². The lowest BCUT2D eigenvalue weighted by Gasteiger charge is -2.23. The Morgan fingerprint density at radius 1 is 1.11 bits per heavy atom. The number of rotatable bonds is 8. The number of methoxy groups -OCH3 is 1. The Labute approximate surface area is 158 Å².